The molecule has 0 aliphatic carbocycles. The van der Waals surface area contributed by atoms with Crippen molar-refractivity contribution in [2.75, 3.05) is 18.0 Å². The lowest BCUT2D eigenvalue weighted by Crippen LogP contribution is -2.30. The lowest BCUT2D eigenvalue weighted by Gasteiger charge is -2.28. The topological polar surface area (TPSA) is 46.3 Å². The van der Waals surface area contributed by atoms with Gasteiger partial charge in [0.25, 0.3) is 5.78 Å². The van der Waals surface area contributed by atoms with Crippen LogP contribution in [0.15, 0.2) is 6.33 Å². The van der Waals surface area contributed by atoms with E-state index in [9.17, 15) is 0 Å². The molecule has 0 unspecified atom stereocenters. The summed E-state index contributed by atoms with van der Waals surface area (Å²) >= 11 is 6.22. The van der Waals surface area contributed by atoms with E-state index in [0.29, 0.717) is 10.9 Å². The molecule has 0 atom stereocenters. The number of hydrogen-bond donors (Lipinski definition) is 0. The molecule has 102 valence electrons. The van der Waals surface area contributed by atoms with Gasteiger partial charge < -0.3 is 4.90 Å². The summed E-state index contributed by atoms with van der Waals surface area (Å²) in [5.74, 6) is 1.63. The van der Waals surface area contributed by atoms with E-state index in [-0.39, 0.29) is 0 Å². The van der Waals surface area contributed by atoms with E-state index in [1.807, 2.05) is 11.4 Å². The molecule has 0 bridgehead atoms. The lowest BCUT2D eigenvalue weighted by atomic mass is 10.1. The predicted octanol–water partition coefficient (Wildman–Crippen LogP) is 2.86. The highest BCUT2D eigenvalue weighted by molar-refractivity contribution is 6.30. The second-order valence-corrected chi connectivity index (χ2v) is 5.44. The summed E-state index contributed by atoms with van der Waals surface area (Å²) in [5, 5.41) is 4.82. The van der Waals surface area contributed by atoms with E-state index in [2.05, 4.69) is 20.0 Å². The summed E-state index contributed by atoms with van der Waals surface area (Å²) in [4.78, 5) is 10.8. The van der Waals surface area contributed by atoms with Gasteiger partial charge in [0.15, 0.2) is 0 Å². The van der Waals surface area contributed by atoms with Gasteiger partial charge in [0.1, 0.15) is 17.3 Å². The van der Waals surface area contributed by atoms with Crippen LogP contribution in [0, 0.1) is 6.92 Å². The smallest absolute Gasteiger partial charge is 0.255 e. The molecule has 6 heteroatoms. The zero-order chi connectivity index (χ0) is 13.2. The molecule has 1 saturated heterocycles. The normalized spacial score (nSPS) is 17.5. The highest BCUT2D eigenvalue weighted by Crippen LogP contribution is 2.27. The van der Waals surface area contributed by atoms with Gasteiger partial charge in [0.05, 0.1) is 0 Å². The first-order valence-electron chi connectivity index (χ1n) is 6.88. The van der Waals surface area contributed by atoms with Crippen molar-refractivity contribution in [1.29, 1.82) is 0 Å². The number of aromatic nitrogens is 4. The Balaban J connectivity index is 2.06. The molecule has 1 aliphatic rings. The zero-order valence-electron chi connectivity index (χ0n) is 11.1. The van der Waals surface area contributed by atoms with Gasteiger partial charge in [-0.15, -0.1) is 0 Å². The van der Waals surface area contributed by atoms with E-state index in [4.69, 9.17) is 11.6 Å². The summed E-state index contributed by atoms with van der Waals surface area (Å²) < 4.78 is 1.81. The maximum Gasteiger partial charge on any atom is 0.255 e. The Hall–Kier alpha value is -1.36. The molecule has 2 aromatic heterocycles. The van der Waals surface area contributed by atoms with Crippen molar-refractivity contribution in [3.8, 4) is 0 Å². The van der Waals surface area contributed by atoms with E-state index < -0.39 is 0 Å². The standard InChI is InChI=1S/C13H18ClN5/c1-10-11(14)17-13-15-9-16-19(13)12(10)18-7-5-3-2-4-6-8-18/h9H,2-8H2,1H3. The van der Waals surface area contributed by atoms with Crippen LogP contribution in [0.2, 0.25) is 5.15 Å². The summed E-state index contributed by atoms with van der Waals surface area (Å²) in [6.07, 6.45) is 7.92. The second-order valence-electron chi connectivity index (χ2n) is 5.08. The number of anilines is 1. The first-order valence-corrected chi connectivity index (χ1v) is 7.26. The average Bonchev–Trinajstić information content (AvgIpc) is 2.79. The van der Waals surface area contributed by atoms with Gasteiger partial charge in [-0.1, -0.05) is 30.9 Å². The van der Waals surface area contributed by atoms with Crippen LogP contribution in [0.3, 0.4) is 0 Å². The third-order valence-corrected chi connectivity index (χ3v) is 4.10. The van der Waals surface area contributed by atoms with Crippen molar-refractivity contribution in [2.24, 2.45) is 0 Å². The summed E-state index contributed by atoms with van der Waals surface area (Å²) in [7, 11) is 0. The SMILES string of the molecule is Cc1c(Cl)nc2ncnn2c1N1CCCCCCC1. The fourth-order valence-electron chi connectivity index (χ4n) is 2.71. The Labute approximate surface area is 117 Å². The summed E-state index contributed by atoms with van der Waals surface area (Å²) in [5.41, 5.74) is 0.986. The average molecular weight is 280 g/mol. The molecule has 5 nitrogen and oxygen atoms in total. The second kappa shape index (κ2) is 5.33. The van der Waals surface area contributed by atoms with Gasteiger partial charge in [0, 0.05) is 18.7 Å². The molecule has 19 heavy (non-hydrogen) atoms. The third-order valence-electron chi connectivity index (χ3n) is 3.73. The fourth-order valence-corrected chi connectivity index (χ4v) is 2.87. The Morgan fingerprint density at radius 3 is 2.53 bits per heavy atom. The molecule has 1 fully saturated rings. The molecular weight excluding hydrogens is 262 g/mol. The van der Waals surface area contributed by atoms with Crippen molar-refractivity contribution in [2.45, 2.75) is 39.0 Å². The largest absolute Gasteiger partial charge is 0.356 e. The fraction of sp³-hybridized carbons (Fsp3) is 0.615. The molecular formula is C13H18ClN5. The summed E-state index contributed by atoms with van der Waals surface area (Å²) in [6, 6.07) is 0. The summed E-state index contributed by atoms with van der Waals surface area (Å²) in [6.45, 7) is 4.11. The van der Waals surface area contributed by atoms with Crippen LogP contribution in [0.1, 0.15) is 37.7 Å². The number of rotatable bonds is 1. The zero-order valence-corrected chi connectivity index (χ0v) is 11.9. The van der Waals surface area contributed by atoms with E-state index in [1.165, 1.54) is 38.4 Å². The van der Waals surface area contributed by atoms with Crippen molar-refractivity contribution >= 4 is 23.2 Å². The van der Waals surface area contributed by atoms with Crippen LogP contribution in [0.25, 0.3) is 5.78 Å². The lowest BCUT2D eigenvalue weighted by molar-refractivity contribution is 0.550. The highest BCUT2D eigenvalue weighted by atomic mass is 35.5. The van der Waals surface area contributed by atoms with Crippen molar-refractivity contribution in [1.82, 2.24) is 19.6 Å². The van der Waals surface area contributed by atoms with Gasteiger partial charge in [-0.2, -0.15) is 19.6 Å². The molecule has 2 aromatic rings. The molecule has 3 rings (SSSR count). The van der Waals surface area contributed by atoms with Crippen LogP contribution in [0.5, 0.6) is 0 Å². The maximum atomic E-state index is 6.22. The number of nitrogens with zero attached hydrogens (tertiary/aromatic N) is 5. The molecule has 0 radical (unpaired) electrons. The minimum Gasteiger partial charge on any atom is -0.356 e. The van der Waals surface area contributed by atoms with Gasteiger partial charge in [0.2, 0.25) is 0 Å². The van der Waals surface area contributed by atoms with Crippen molar-refractivity contribution < 1.29 is 0 Å². The maximum absolute atomic E-state index is 6.22. The van der Waals surface area contributed by atoms with Crippen LogP contribution in [0.4, 0.5) is 5.82 Å². The molecule has 0 saturated carbocycles. The number of fused-ring (bicyclic) bond motifs is 1. The minimum atomic E-state index is 0.526. The monoisotopic (exact) mass is 279 g/mol. The van der Waals surface area contributed by atoms with Crippen LogP contribution >= 0.6 is 11.6 Å². The number of halogens is 1. The van der Waals surface area contributed by atoms with Gasteiger partial charge >= 0.3 is 0 Å². The molecule has 0 amide bonds. The van der Waals surface area contributed by atoms with E-state index >= 15 is 0 Å². The molecule has 0 aromatic carbocycles. The molecule has 1 aliphatic heterocycles. The molecule has 0 N–H and O–H groups in total. The number of hydrogen-bond acceptors (Lipinski definition) is 4. The highest BCUT2D eigenvalue weighted by Gasteiger charge is 2.18. The Bertz CT molecular complexity index is 572. The first kappa shape index (κ1) is 12.7. The van der Waals surface area contributed by atoms with Crippen LogP contribution in [-0.2, 0) is 0 Å². The van der Waals surface area contributed by atoms with Crippen molar-refractivity contribution in [3.63, 3.8) is 0 Å². The third kappa shape index (κ3) is 2.39. The Kier molecular flexibility index (Phi) is 3.55. The quantitative estimate of drug-likeness (QED) is 0.753. The van der Waals surface area contributed by atoms with Crippen LogP contribution in [-0.4, -0.2) is 32.7 Å². The predicted molar refractivity (Wildman–Crippen MR) is 75.8 cm³/mol. The van der Waals surface area contributed by atoms with Gasteiger partial charge in [-0.3, -0.25) is 0 Å². The molecule has 3 heterocycles. The Morgan fingerprint density at radius 2 is 1.79 bits per heavy atom. The van der Waals surface area contributed by atoms with E-state index in [1.54, 1.807) is 0 Å². The van der Waals surface area contributed by atoms with Crippen LogP contribution < -0.4 is 4.90 Å². The van der Waals surface area contributed by atoms with E-state index in [0.717, 1.165) is 24.5 Å². The molecule has 0 spiro atoms. The van der Waals surface area contributed by atoms with Gasteiger partial charge in [-0.05, 0) is 19.8 Å². The minimum absolute atomic E-state index is 0.526. The van der Waals surface area contributed by atoms with Crippen molar-refractivity contribution in [3.05, 3.63) is 17.0 Å². The van der Waals surface area contributed by atoms with Gasteiger partial charge in [-0.25, -0.2) is 0 Å². The first-order chi connectivity index (χ1) is 9.27. The Morgan fingerprint density at radius 1 is 1.11 bits per heavy atom.